The van der Waals surface area contributed by atoms with Crippen LogP contribution in [0.15, 0.2) is 9.52 Å². The zero-order valence-corrected chi connectivity index (χ0v) is 18.5. The topological polar surface area (TPSA) is 84.6 Å². The van der Waals surface area contributed by atoms with E-state index in [0.717, 1.165) is 18.9 Å². The van der Waals surface area contributed by atoms with Crippen LogP contribution in [0.4, 0.5) is 0 Å². The standard InChI is InChI=1S/C17H33N5O2.HI/c1-6-9-10-11-13(4)20-17(18-7-2)19-12-15-21-16(22-24-15)14(5)23-8-3;/h13-14H,6-12H2,1-5H3,(H2,18,19,20);1H. The van der Waals surface area contributed by atoms with Gasteiger partial charge in [-0.2, -0.15) is 4.98 Å². The number of nitrogens with one attached hydrogen (secondary N) is 2. The van der Waals surface area contributed by atoms with Crippen molar-refractivity contribution in [2.45, 2.75) is 79.0 Å². The number of aliphatic imine (C=N–C) groups is 1. The molecule has 1 heterocycles. The highest BCUT2D eigenvalue weighted by Crippen LogP contribution is 2.13. The Labute approximate surface area is 168 Å². The van der Waals surface area contributed by atoms with Crippen LogP contribution in [-0.4, -0.2) is 35.3 Å². The van der Waals surface area contributed by atoms with Gasteiger partial charge in [0.1, 0.15) is 12.6 Å². The molecule has 0 saturated heterocycles. The van der Waals surface area contributed by atoms with Gasteiger partial charge < -0.3 is 19.9 Å². The molecular formula is C17H34IN5O2. The van der Waals surface area contributed by atoms with Crippen LogP contribution in [0.2, 0.25) is 0 Å². The largest absolute Gasteiger partial charge is 0.371 e. The molecule has 2 unspecified atom stereocenters. The van der Waals surface area contributed by atoms with Crippen molar-refractivity contribution in [3.05, 3.63) is 11.7 Å². The minimum atomic E-state index is -0.165. The molecule has 0 amide bonds. The van der Waals surface area contributed by atoms with Crippen molar-refractivity contribution in [2.75, 3.05) is 13.2 Å². The molecule has 0 aliphatic carbocycles. The second-order valence-electron chi connectivity index (χ2n) is 5.88. The molecule has 0 spiro atoms. The third-order valence-electron chi connectivity index (χ3n) is 3.60. The summed E-state index contributed by atoms with van der Waals surface area (Å²) in [6.07, 6.45) is 4.70. The predicted molar refractivity (Wildman–Crippen MR) is 111 cm³/mol. The van der Waals surface area contributed by atoms with E-state index < -0.39 is 0 Å². The zero-order valence-electron chi connectivity index (χ0n) is 16.2. The molecule has 8 heteroatoms. The molecule has 25 heavy (non-hydrogen) atoms. The second kappa shape index (κ2) is 14.3. The number of hydrogen-bond acceptors (Lipinski definition) is 5. The summed E-state index contributed by atoms with van der Waals surface area (Å²) in [5.41, 5.74) is 0. The lowest BCUT2D eigenvalue weighted by Crippen LogP contribution is -2.42. The quantitative estimate of drug-likeness (QED) is 0.223. The summed E-state index contributed by atoms with van der Waals surface area (Å²) in [6.45, 7) is 12.1. The second-order valence-corrected chi connectivity index (χ2v) is 5.88. The summed E-state index contributed by atoms with van der Waals surface area (Å²) < 4.78 is 10.7. The molecule has 0 aliphatic rings. The number of ether oxygens (including phenoxy) is 1. The van der Waals surface area contributed by atoms with E-state index in [1.54, 1.807) is 0 Å². The van der Waals surface area contributed by atoms with Gasteiger partial charge in [0.15, 0.2) is 11.8 Å². The van der Waals surface area contributed by atoms with Crippen LogP contribution >= 0.6 is 24.0 Å². The maximum Gasteiger partial charge on any atom is 0.248 e. The first-order chi connectivity index (χ1) is 11.6. The molecule has 0 aliphatic heterocycles. The molecule has 2 atom stereocenters. The van der Waals surface area contributed by atoms with Gasteiger partial charge >= 0.3 is 0 Å². The number of aromatic nitrogens is 2. The molecule has 0 aromatic carbocycles. The number of nitrogens with zero attached hydrogens (tertiary/aromatic N) is 3. The van der Waals surface area contributed by atoms with Crippen molar-refractivity contribution < 1.29 is 9.26 Å². The minimum Gasteiger partial charge on any atom is -0.371 e. The maximum absolute atomic E-state index is 5.46. The molecule has 0 saturated carbocycles. The van der Waals surface area contributed by atoms with E-state index in [9.17, 15) is 0 Å². The van der Waals surface area contributed by atoms with E-state index in [4.69, 9.17) is 9.26 Å². The Hall–Kier alpha value is -0.900. The minimum absolute atomic E-state index is 0. The highest BCUT2D eigenvalue weighted by Gasteiger charge is 2.13. The number of guanidine groups is 1. The molecule has 0 fully saturated rings. The summed E-state index contributed by atoms with van der Waals surface area (Å²) >= 11 is 0. The first-order valence-corrected chi connectivity index (χ1v) is 9.09. The molecule has 0 radical (unpaired) electrons. The first kappa shape index (κ1) is 24.1. The Morgan fingerprint density at radius 1 is 1.24 bits per heavy atom. The van der Waals surface area contributed by atoms with Crippen molar-refractivity contribution >= 4 is 29.9 Å². The van der Waals surface area contributed by atoms with Gasteiger partial charge in [0.25, 0.3) is 0 Å². The Balaban J connectivity index is 0.00000576. The third-order valence-corrected chi connectivity index (χ3v) is 3.60. The van der Waals surface area contributed by atoms with E-state index in [-0.39, 0.29) is 30.1 Å². The predicted octanol–water partition coefficient (Wildman–Crippen LogP) is 3.81. The summed E-state index contributed by atoms with van der Waals surface area (Å²) in [6, 6.07) is 0.380. The summed E-state index contributed by atoms with van der Waals surface area (Å²) in [5, 5.41) is 10.6. The normalized spacial score (nSPS) is 13.9. The summed E-state index contributed by atoms with van der Waals surface area (Å²) in [4.78, 5) is 8.86. The molecule has 1 aromatic heterocycles. The molecule has 1 rings (SSSR count). The fraction of sp³-hybridized carbons (Fsp3) is 0.824. The van der Waals surface area contributed by atoms with Crippen molar-refractivity contribution in [3.63, 3.8) is 0 Å². The Morgan fingerprint density at radius 2 is 2.00 bits per heavy atom. The molecular weight excluding hydrogens is 433 g/mol. The van der Waals surface area contributed by atoms with E-state index in [0.29, 0.717) is 30.9 Å². The molecule has 146 valence electrons. The molecule has 7 nitrogen and oxygen atoms in total. The van der Waals surface area contributed by atoms with Gasteiger partial charge in [-0.3, -0.25) is 0 Å². The van der Waals surface area contributed by atoms with Crippen LogP contribution in [0.5, 0.6) is 0 Å². The fourth-order valence-corrected chi connectivity index (χ4v) is 2.29. The van der Waals surface area contributed by atoms with Gasteiger partial charge in [-0.25, -0.2) is 4.99 Å². The number of unbranched alkanes of at least 4 members (excludes halogenated alkanes) is 2. The van der Waals surface area contributed by atoms with E-state index in [1.807, 2.05) is 20.8 Å². The fourth-order valence-electron chi connectivity index (χ4n) is 2.29. The van der Waals surface area contributed by atoms with Crippen LogP contribution in [0.3, 0.4) is 0 Å². The lowest BCUT2D eigenvalue weighted by molar-refractivity contribution is 0.0683. The van der Waals surface area contributed by atoms with Crippen LogP contribution in [0.25, 0.3) is 0 Å². The third kappa shape index (κ3) is 9.98. The average Bonchev–Trinajstić information content (AvgIpc) is 3.02. The maximum atomic E-state index is 5.46. The molecule has 2 N–H and O–H groups in total. The first-order valence-electron chi connectivity index (χ1n) is 9.09. The van der Waals surface area contributed by atoms with Crippen LogP contribution in [0.1, 0.15) is 78.1 Å². The number of halogens is 1. The molecule has 1 aromatic rings. The van der Waals surface area contributed by atoms with Crippen molar-refractivity contribution in [1.82, 2.24) is 20.8 Å². The smallest absolute Gasteiger partial charge is 0.248 e. The number of hydrogen-bond donors (Lipinski definition) is 2. The SMILES string of the molecule is CCCCCC(C)NC(=NCc1nc(C(C)OCC)no1)NCC.I. The lowest BCUT2D eigenvalue weighted by Gasteiger charge is -2.17. The zero-order chi connectivity index (χ0) is 17.8. The van der Waals surface area contributed by atoms with Crippen LogP contribution in [-0.2, 0) is 11.3 Å². The van der Waals surface area contributed by atoms with Crippen molar-refractivity contribution in [2.24, 2.45) is 4.99 Å². The van der Waals surface area contributed by atoms with Gasteiger partial charge in [-0.05, 0) is 34.1 Å². The summed E-state index contributed by atoms with van der Waals surface area (Å²) in [7, 11) is 0. The monoisotopic (exact) mass is 467 g/mol. The van der Waals surface area contributed by atoms with Gasteiger partial charge in [-0.15, -0.1) is 24.0 Å². The highest BCUT2D eigenvalue weighted by molar-refractivity contribution is 14.0. The van der Waals surface area contributed by atoms with Crippen molar-refractivity contribution in [1.29, 1.82) is 0 Å². The van der Waals surface area contributed by atoms with Gasteiger partial charge in [-0.1, -0.05) is 31.3 Å². The number of rotatable bonds is 11. The Morgan fingerprint density at radius 3 is 2.64 bits per heavy atom. The lowest BCUT2D eigenvalue weighted by atomic mass is 10.1. The van der Waals surface area contributed by atoms with Gasteiger partial charge in [0.2, 0.25) is 5.89 Å². The Kier molecular flexibility index (Phi) is 13.8. The van der Waals surface area contributed by atoms with Crippen molar-refractivity contribution in [3.8, 4) is 0 Å². The van der Waals surface area contributed by atoms with Gasteiger partial charge in [0, 0.05) is 19.2 Å². The van der Waals surface area contributed by atoms with Crippen LogP contribution in [0, 0.1) is 0 Å². The van der Waals surface area contributed by atoms with E-state index in [1.165, 1.54) is 19.3 Å². The molecule has 0 bridgehead atoms. The van der Waals surface area contributed by atoms with E-state index >= 15 is 0 Å². The van der Waals surface area contributed by atoms with Crippen LogP contribution < -0.4 is 10.6 Å². The highest BCUT2D eigenvalue weighted by atomic mass is 127. The Bertz CT molecular complexity index is 481. The van der Waals surface area contributed by atoms with E-state index in [2.05, 4.69) is 39.6 Å². The summed E-state index contributed by atoms with van der Waals surface area (Å²) in [5.74, 6) is 1.83. The average molecular weight is 467 g/mol. The van der Waals surface area contributed by atoms with Gasteiger partial charge in [0.05, 0.1) is 0 Å².